The molecule has 94 valence electrons. The summed E-state index contributed by atoms with van der Waals surface area (Å²) in [6.45, 7) is 1.85. The van der Waals surface area contributed by atoms with Gasteiger partial charge in [-0.05, 0) is 31.0 Å². The fraction of sp³-hybridized carbons (Fsp3) is 0.250. The van der Waals surface area contributed by atoms with Crippen LogP contribution in [0.4, 0.5) is 10.8 Å². The Bertz CT molecular complexity index is 553. The number of carbonyl (C=O) groups is 1. The highest BCUT2D eigenvalue weighted by molar-refractivity contribution is 7.15. The first-order valence-electron chi connectivity index (χ1n) is 5.58. The van der Waals surface area contributed by atoms with Gasteiger partial charge in [0.15, 0.2) is 0 Å². The lowest BCUT2D eigenvalue weighted by atomic mass is 10.1. The standard InChI is InChI=1S/C12H14N4OS/c1-8-15-16-12(18-8)14-11(17)6-5-9-3-2-4-10(13)7-9/h2-4,7H,5-6,13H2,1H3,(H,14,16,17). The molecule has 0 saturated carbocycles. The normalized spacial score (nSPS) is 10.3. The number of hydrogen-bond acceptors (Lipinski definition) is 5. The third-order valence-corrected chi connectivity index (χ3v) is 3.12. The topological polar surface area (TPSA) is 80.9 Å². The maximum absolute atomic E-state index is 11.7. The summed E-state index contributed by atoms with van der Waals surface area (Å²) in [5, 5.41) is 11.8. The van der Waals surface area contributed by atoms with Gasteiger partial charge in [0.05, 0.1) is 0 Å². The summed E-state index contributed by atoms with van der Waals surface area (Å²) in [5.74, 6) is -0.0615. The molecule has 0 unspecified atom stereocenters. The summed E-state index contributed by atoms with van der Waals surface area (Å²) in [4.78, 5) is 11.7. The first kappa shape index (κ1) is 12.5. The number of amides is 1. The summed E-state index contributed by atoms with van der Waals surface area (Å²) in [5.41, 5.74) is 7.44. The molecular formula is C12H14N4OS. The molecule has 0 fully saturated rings. The third kappa shape index (κ3) is 3.53. The lowest BCUT2D eigenvalue weighted by Gasteiger charge is -2.02. The Balaban J connectivity index is 1.85. The molecule has 0 bridgehead atoms. The van der Waals surface area contributed by atoms with Crippen molar-refractivity contribution in [3.8, 4) is 0 Å². The number of aromatic nitrogens is 2. The van der Waals surface area contributed by atoms with E-state index in [0.717, 1.165) is 10.6 Å². The number of rotatable bonds is 4. The predicted octanol–water partition coefficient (Wildman–Crippen LogP) is 2.00. The highest BCUT2D eigenvalue weighted by atomic mass is 32.1. The summed E-state index contributed by atoms with van der Waals surface area (Å²) in [7, 11) is 0. The van der Waals surface area contributed by atoms with E-state index in [0.29, 0.717) is 23.7 Å². The van der Waals surface area contributed by atoms with E-state index in [4.69, 9.17) is 5.73 Å². The van der Waals surface area contributed by atoms with Crippen LogP contribution in [0.3, 0.4) is 0 Å². The number of benzene rings is 1. The summed E-state index contributed by atoms with van der Waals surface area (Å²) < 4.78 is 0. The van der Waals surface area contributed by atoms with Crippen molar-refractivity contribution < 1.29 is 4.79 Å². The molecule has 0 aliphatic heterocycles. The Hall–Kier alpha value is -1.95. The molecule has 2 rings (SSSR count). The summed E-state index contributed by atoms with van der Waals surface area (Å²) in [6, 6.07) is 7.55. The van der Waals surface area contributed by atoms with Crippen LogP contribution in [0, 0.1) is 6.92 Å². The molecule has 6 heteroatoms. The van der Waals surface area contributed by atoms with E-state index in [-0.39, 0.29) is 5.91 Å². The van der Waals surface area contributed by atoms with E-state index in [2.05, 4.69) is 15.5 Å². The molecule has 1 aromatic heterocycles. The second kappa shape index (κ2) is 5.59. The van der Waals surface area contributed by atoms with Gasteiger partial charge in [0, 0.05) is 12.1 Å². The molecule has 0 radical (unpaired) electrons. The molecule has 1 aromatic carbocycles. The summed E-state index contributed by atoms with van der Waals surface area (Å²) >= 11 is 1.37. The van der Waals surface area contributed by atoms with Crippen molar-refractivity contribution in [1.82, 2.24) is 10.2 Å². The predicted molar refractivity (Wildman–Crippen MR) is 72.5 cm³/mol. The fourth-order valence-corrected chi connectivity index (χ4v) is 2.14. The van der Waals surface area contributed by atoms with Crippen molar-refractivity contribution in [1.29, 1.82) is 0 Å². The van der Waals surface area contributed by atoms with Gasteiger partial charge in [-0.25, -0.2) is 0 Å². The smallest absolute Gasteiger partial charge is 0.226 e. The zero-order valence-corrected chi connectivity index (χ0v) is 10.8. The first-order valence-corrected chi connectivity index (χ1v) is 6.39. The Labute approximate surface area is 109 Å². The van der Waals surface area contributed by atoms with Gasteiger partial charge in [0.2, 0.25) is 11.0 Å². The zero-order valence-electron chi connectivity index (χ0n) is 10.0. The van der Waals surface area contributed by atoms with Gasteiger partial charge in [0.25, 0.3) is 0 Å². The molecule has 1 amide bonds. The number of carbonyl (C=O) groups excluding carboxylic acids is 1. The van der Waals surface area contributed by atoms with Gasteiger partial charge in [-0.2, -0.15) is 0 Å². The van der Waals surface area contributed by atoms with Gasteiger partial charge >= 0.3 is 0 Å². The SMILES string of the molecule is Cc1nnc(NC(=O)CCc2cccc(N)c2)s1. The Kier molecular flexibility index (Phi) is 3.88. The van der Waals surface area contributed by atoms with E-state index in [1.165, 1.54) is 11.3 Å². The summed E-state index contributed by atoms with van der Waals surface area (Å²) in [6.07, 6.45) is 1.07. The van der Waals surface area contributed by atoms with Crippen molar-refractivity contribution in [3.63, 3.8) is 0 Å². The average Bonchev–Trinajstić information content (AvgIpc) is 2.72. The van der Waals surface area contributed by atoms with Crippen LogP contribution in [-0.2, 0) is 11.2 Å². The van der Waals surface area contributed by atoms with Crippen molar-refractivity contribution in [2.75, 3.05) is 11.1 Å². The molecule has 0 saturated heterocycles. The van der Waals surface area contributed by atoms with E-state index in [9.17, 15) is 4.79 Å². The van der Waals surface area contributed by atoms with Gasteiger partial charge in [-0.1, -0.05) is 23.5 Å². The van der Waals surface area contributed by atoms with Crippen LogP contribution >= 0.6 is 11.3 Å². The van der Waals surface area contributed by atoms with Gasteiger partial charge < -0.3 is 11.1 Å². The number of nitrogen functional groups attached to an aromatic ring is 1. The van der Waals surface area contributed by atoms with E-state index < -0.39 is 0 Å². The molecule has 0 aliphatic rings. The van der Waals surface area contributed by atoms with Crippen molar-refractivity contribution >= 4 is 28.1 Å². The minimum Gasteiger partial charge on any atom is -0.399 e. The highest BCUT2D eigenvalue weighted by Crippen LogP contribution is 2.14. The quantitative estimate of drug-likeness (QED) is 0.826. The minimum atomic E-state index is -0.0615. The second-order valence-electron chi connectivity index (χ2n) is 3.92. The van der Waals surface area contributed by atoms with E-state index in [1.54, 1.807) is 0 Å². The minimum absolute atomic E-state index is 0.0615. The number of nitrogens with one attached hydrogen (secondary N) is 1. The maximum Gasteiger partial charge on any atom is 0.226 e. The number of nitrogens with two attached hydrogens (primary N) is 1. The van der Waals surface area contributed by atoms with Crippen LogP contribution in [0.5, 0.6) is 0 Å². The molecule has 0 spiro atoms. The molecule has 0 aliphatic carbocycles. The monoisotopic (exact) mass is 262 g/mol. The van der Waals surface area contributed by atoms with Crippen molar-refractivity contribution in [2.24, 2.45) is 0 Å². The molecule has 3 N–H and O–H groups in total. The van der Waals surface area contributed by atoms with Gasteiger partial charge in [-0.15, -0.1) is 10.2 Å². The van der Waals surface area contributed by atoms with Crippen molar-refractivity contribution in [2.45, 2.75) is 19.8 Å². The lowest BCUT2D eigenvalue weighted by Crippen LogP contribution is -2.12. The highest BCUT2D eigenvalue weighted by Gasteiger charge is 2.06. The van der Waals surface area contributed by atoms with Gasteiger partial charge in [0.1, 0.15) is 5.01 Å². The number of hydrogen-bond donors (Lipinski definition) is 2. The first-order chi connectivity index (χ1) is 8.63. The van der Waals surface area contributed by atoms with Crippen LogP contribution in [0.2, 0.25) is 0 Å². The lowest BCUT2D eigenvalue weighted by molar-refractivity contribution is -0.116. The van der Waals surface area contributed by atoms with Crippen molar-refractivity contribution in [3.05, 3.63) is 34.8 Å². The Morgan fingerprint density at radius 3 is 2.94 bits per heavy atom. The average molecular weight is 262 g/mol. The third-order valence-electron chi connectivity index (χ3n) is 2.36. The second-order valence-corrected chi connectivity index (χ2v) is 5.10. The number of aryl methyl sites for hydroxylation is 2. The largest absolute Gasteiger partial charge is 0.399 e. The maximum atomic E-state index is 11.7. The molecule has 1 heterocycles. The van der Waals surface area contributed by atoms with Crippen LogP contribution in [0.1, 0.15) is 17.0 Å². The van der Waals surface area contributed by atoms with Crippen LogP contribution in [-0.4, -0.2) is 16.1 Å². The van der Waals surface area contributed by atoms with Crippen LogP contribution in [0.25, 0.3) is 0 Å². The van der Waals surface area contributed by atoms with Crippen LogP contribution in [0.15, 0.2) is 24.3 Å². The molecule has 2 aromatic rings. The number of anilines is 2. The van der Waals surface area contributed by atoms with E-state index in [1.807, 2.05) is 31.2 Å². The Morgan fingerprint density at radius 2 is 2.28 bits per heavy atom. The van der Waals surface area contributed by atoms with Gasteiger partial charge in [-0.3, -0.25) is 4.79 Å². The molecular weight excluding hydrogens is 248 g/mol. The molecule has 5 nitrogen and oxygen atoms in total. The molecule has 18 heavy (non-hydrogen) atoms. The van der Waals surface area contributed by atoms with E-state index >= 15 is 0 Å². The zero-order chi connectivity index (χ0) is 13.0. The number of nitrogens with zero attached hydrogens (tertiary/aromatic N) is 2. The fourth-order valence-electron chi connectivity index (χ4n) is 1.54. The molecule has 0 atom stereocenters. The Morgan fingerprint density at radius 1 is 1.44 bits per heavy atom. The van der Waals surface area contributed by atoms with Crippen LogP contribution < -0.4 is 11.1 Å².